The third-order valence-corrected chi connectivity index (χ3v) is 4.87. The summed E-state index contributed by atoms with van der Waals surface area (Å²) in [5, 5.41) is 11.3. The number of carbonyl (C=O) groups excluding carboxylic acids is 3. The van der Waals surface area contributed by atoms with E-state index in [0.717, 1.165) is 4.90 Å². The van der Waals surface area contributed by atoms with E-state index in [1.807, 2.05) is 6.07 Å². The number of halogens is 2. The topological polar surface area (TPSA) is 109 Å². The first kappa shape index (κ1) is 21.4. The molecule has 0 bridgehead atoms. The molecule has 1 heterocycles. The predicted molar refractivity (Wildman–Crippen MR) is 112 cm³/mol. The fourth-order valence-electron chi connectivity index (χ4n) is 2.72. The zero-order chi connectivity index (χ0) is 21.8. The lowest BCUT2D eigenvalue weighted by Gasteiger charge is -2.26. The molecule has 1 saturated heterocycles. The maximum Gasteiger partial charge on any atom is 0.335 e. The van der Waals surface area contributed by atoms with Gasteiger partial charge in [-0.15, -0.1) is 0 Å². The highest BCUT2D eigenvalue weighted by Gasteiger charge is 2.36. The first-order chi connectivity index (χ1) is 14.3. The number of imide groups is 2. The molecule has 152 valence electrons. The molecular formula is C20H13BrClN3O5. The average Bonchev–Trinajstić information content (AvgIpc) is 2.71. The number of methoxy groups -OCH3 is 1. The normalized spacial score (nSPS) is 15.1. The summed E-state index contributed by atoms with van der Waals surface area (Å²) in [6.07, 6.45) is 1.33. The van der Waals surface area contributed by atoms with E-state index in [1.54, 1.807) is 6.07 Å². The lowest BCUT2D eigenvalue weighted by molar-refractivity contribution is -0.122. The number of carbonyl (C=O) groups is 3. The number of nitrogens with one attached hydrogen (secondary N) is 1. The molecule has 0 saturated carbocycles. The summed E-state index contributed by atoms with van der Waals surface area (Å²) in [5.74, 6) is -1.01. The van der Waals surface area contributed by atoms with Crippen LogP contribution in [0.2, 0.25) is 5.02 Å². The van der Waals surface area contributed by atoms with Gasteiger partial charge in [0.05, 0.1) is 17.3 Å². The van der Waals surface area contributed by atoms with Crippen molar-refractivity contribution in [3.63, 3.8) is 0 Å². The molecule has 0 radical (unpaired) electrons. The van der Waals surface area contributed by atoms with Gasteiger partial charge in [0.1, 0.15) is 11.6 Å². The highest BCUT2D eigenvalue weighted by molar-refractivity contribution is 9.10. The van der Waals surface area contributed by atoms with Crippen molar-refractivity contribution in [3.8, 4) is 17.6 Å². The van der Waals surface area contributed by atoms with E-state index in [0.29, 0.717) is 26.6 Å². The van der Waals surface area contributed by atoms with Gasteiger partial charge >= 0.3 is 6.03 Å². The smallest absolute Gasteiger partial charge is 0.335 e. The molecule has 8 nitrogen and oxygen atoms in total. The number of hydrogen-bond donors (Lipinski definition) is 1. The molecule has 3 rings (SSSR count). The number of amides is 4. The molecule has 0 aliphatic carbocycles. The van der Waals surface area contributed by atoms with Crippen LogP contribution < -0.4 is 19.7 Å². The van der Waals surface area contributed by atoms with E-state index in [9.17, 15) is 14.4 Å². The zero-order valence-electron chi connectivity index (χ0n) is 15.4. The second-order valence-corrected chi connectivity index (χ2v) is 7.21. The maximum absolute atomic E-state index is 12.9. The number of anilines is 1. The number of hydrogen-bond acceptors (Lipinski definition) is 6. The molecule has 0 aromatic heterocycles. The van der Waals surface area contributed by atoms with Crippen molar-refractivity contribution in [1.29, 1.82) is 5.26 Å². The molecule has 0 atom stereocenters. The largest absolute Gasteiger partial charge is 0.493 e. The van der Waals surface area contributed by atoms with Crippen LogP contribution in [-0.2, 0) is 9.59 Å². The van der Waals surface area contributed by atoms with Gasteiger partial charge in [-0.2, -0.15) is 5.26 Å². The number of nitriles is 1. The predicted octanol–water partition coefficient (Wildman–Crippen LogP) is 3.68. The van der Waals surface area contributed by atoms with Crippen molar-refractivity contribution in [3.05, 3.63) is 57.0 Å². The molecule has 0 spiro atoms. The Bertz CT molecular complexity index is 1110. The number of benzene rings is 2. The lowest BCUT2D eigenvalue weighted by atomic mass is 10.1. The van der Waals surface area contributed by atoms with Crippen LogP contribution in [0, 0.1) is 11.3 Å². The second kappa shape index (κ2) is 8.98. The summed E-state index contributed by atoms with van der Waals surface area (Å²) < 4.78 is 11.1. The van der Waals surface area contributed by atoms with Crippen molar-refractivity contribution in [2.75, 3.05) is 18.6 Å². The van der Waals surface area contributed by atoms with Crippen molar-refractivity contribution in [1.82, 2.24) is 5.32 Å². The van der Waals surface area contributed by atoms with Crippen molar-refractivity contribution < 1.29 is 23.9 Å². The van der Waals surface area contributed by atoms with Gasteiger partial charge in [0.2, 0.25) is 0 Å². The van der Waals surface area contributed by atoms with Crippen LogP contribution in [0.4, 0.5) is 10.5 Å². The van der Waals surface area contributed by atoms with Crippen LogP contribution in [0.3, 0.4) is 0 Å². The van der Waals surface area contributed by atoms with Crippen LogP contribution in [0.5, 0.6) is 11.5 Å². The first-order valence-electron chi connectivity index (χ1n) is 8.40. The van der Waals surface area contributed by atoms with Gasteiger partial charge in [-0.3, -0.25) is 14.9 Å². The van der Waals surface area contributed by atoms with Crippen LogP contribution in [0.15, 0.2) is 46.4 Å². The zero-order valence-corrected chi connectivity index (χ0v) is 17.8. The Morgan fingerprint density at radius 1 is 1.23 bits per heavy atom. The molecule has 4 amide bonds. The second-order valence-electron chi connectivity index (χ2n) is 5.92. The summed E-state index contributed by atoms with van der Waals surface area (Å²) in [7, 11) is 1.41. The Morgan fingerprint density at radius 3 is 2.57 bits per heavy atom. The van der Waals surface area contributed by atoms with Gasteiger partial charge in [0, 0.05) is 5.02 Å². The van der Waals surface area contributed by atoms with Gasteiger partial charge in [-0.1, -0.05) is 11.6 Å². The summed E-state index contributed by atoms with van der Waals surface area (Å²) in [6.45, 7) is -0.186. The van der Waals surface area contributed by atoms with E-state index >= 15 is 0 Å². The van der Waals surface area contributed by atoms with Crippen molar-refractivity contribution >= 4 is 57.1 Å². The molecule has 30 heavy (non-hydrogen) atoms. The van der Waals surface area contributed by atoms with E-state index in [4.69, 9.17) is 26.3 Å². The van der Waals surface area contributed by atoms with Crippen LogP contribution in [0.1, 0.15) is 5.56 Å². The van der Waals surface area contributed by atoms with Gasteiger partial charge in [-0.05, 0) is 64.0 Å². The Morgan fingerprint density at radius 2 is 1.93 bits per heavy atom. The standard InChI is InChI=1S/C20H13BrClN3O5/c1-29-16-10-11(9-15(21)17(16)30-7-6-23)8-14-18(26)24-20(28)25(19(14)27)13-4-2-12(22)3-5-13/h2-5,8-10H,7H2,1H3,(H,24,26,28)/b14-8+. The Kier molecular flexibility index (Phi) is 6.40. The molecule has 2 aromatic carbocycles. The van der Waals surface area contributed by atoms with E-state index in [1.165, 1.54) is 43.5 Å². The highest BCUT2D eigenvalue weighted by Crippen LogP contribution is 2.37. The maximum atomic E-state index is 12.9. The van der Waals surface area contributed by atoms with E-state index in [2.05, 4.69) is 21.2 Å². The third kappa shape index (κ3) is 4.30. The average molecular weight is 491 g/mol. The SMILES string of the molecule is COc1cc(/C=C2\C(=O)NC(=O)N(c3ccc(Cl)cc3)C2=O)cc(Br)c1OCC#N. The summed E-state index contributed by atoms with van der Waals surface area (Å²) in [5.41, 5.74) is 0.454. The number of rotatable bonds is 5. The monoisotopic (exact) mass is 489 g/mol. The van der Waals surface area contributed by atoms with E-state index < -0.39 is 17.8 Å². The fraction of sp³-hybridized carbons (Fsp3) is 0.100. The summed E-state index contributed by atoms with van der Waals surface area (Å²) >= 11 is 9.18. The van der Waals surface area contributed by atoms with E-state index in [-0.39, 0.29) is 17.9 Å². The molecule has 1 aliphatic rings. The molecule has 1 N–H and O–H groups in total. The van der Waals surface area contributed by atoms with Gasteiger partial charge in [0.15, 0.2) is 18.1 Å². The Labute approximate surface area is 184 Å². The molecule has 10 heteroatoms. The van der Waals surface area contributed by atoms with Crippen molar-refractivity contribution in [2.24, 2.45) is 0 Å². The molecule has 1 fully saturated rings. The first-order valence-corrected chi connectivity index (χ1v) is 9.57. The van der Waals surface area contributed by atoms with Gasteiger partial charge < -0.3 is 9.47 Å². The minimum atomic E-state index is -0.858. The Balaban J connectivity index is 2.01. The molecule has 0 unspecified atom stereocenters. The Hall–Kier alpha value is -3.35. The summed E-state index contributed by atoms with van der Waals surface area (Å²) in [4.78, 5) is 38.3. The van der Waals surface area contributed by atoms with Crippen LogP contribution in [0.25, 0.3) is 6.08 Å². The fourth-order valence-corrected chi connectivity index (χ4v) is 3.42. The minimum absolute atomic E-state index is 0.186. The molecule has 2 aromatic rings. The van der Waals surface area contributed by atoms with Crippen molar-refractivity contribution in [2.45, 2.75) is 0 Å². The number of ether oxygens (including phenoxy) is 2. The highest BCUT2D eigenvalue weighted by atomic mass is 79.9. The van der Waals surface area contributed by atoms with Crippen LogP contribution in [-0.4, -0.2) is 31.6 Å². The number of urea groups is 1. The molecule has 1 aliphatic heterocycles. The number of barbiturate groups is 1. The van der Waals surface area contributed by atoms with Gasteiger partial charge in [-0.25, -0.2) is 9.69 Å². The number of nitrogens with zero attached hydrogens (tertiary/aromatic N) is 2. The summed E-state index contributed by atoms with van der Waals surface area (Å²) in [6, 6.07) is 10.2. The lowest BCUT2D eigenvalue weighted by Crippen LogP contribution is -2.54. The van der Waals surface area contributed by atoms with Crippen LogP contribution >= 0.6 is 27.5 Å². The molecular weight excluding hydrogens is 478 g/mol. The third-order valence-electron chi connectivity index (χ3n) is 4.03. The van der Waals surface area contributed by atoms with Gasteiger partial charge in [0.25, 0.3) is 11.8 Å². The quantitative estimate of drug-likeness (QED) is 0.506. The minimum Gasteiger partial charge on any atom is -0.493 e.